The van der Waals surface area contributed by atoms with Gasteiger partial charge in [-0.05, 0) is 42.5 Å². The molecular formula is C12H14F3N. The van der Waals surface area contributed by atoms with Gasteiger partial charge >= 0.3 is 6.18 Å². The van der Waals surface area contributed by atoms with Crippen molar-refractivity contribution in [2.75, 3.05) is 5.73 Å². The lowest BCUT2D eigenvalue weighted by atomic mass is 9.94. The van der Waals surface area contributed by atoms with Crippen LogP contribution >= 0.6 is 0 Å². The zero-order valence-electron chi connectivity index (χ0n) is 8.85. The van der Waals surface area contributed by atoms with Gasteiger partial charge in [0.2, 0.25) is 0 Å². The van der Waals surface area contributed by atoms with Crippen LogP contribution in [0, 0.1) is 0 Å². The lowest BCUT2D eigenvalue weighted by molar-refractivity contribution is -0.137. The minimum absolute atomic E-state index is 0.210. The first-order chi connectivity index (χ1) is 7.48. The summed E-state index contributed by atoms with van der Waals surface area (Å²) >= 11 is 0. The van der Waals surface area contributed by atoms with E-state index < -0.39 is 11.7 Å². The van der Waals surface area contributed by atoms with E-state index in [1.807, 2.05) is 0 Å². The quantitative estimate of drug-likeness (QED) is 0.725. The fourth-order valence-corrected chi connectivity index (χ4v) is 2.34. The molecular weight excluding hydrogens is 215 g/mol. The maximum Gasteiger partial charge on any atom is 0.416 e. The summed E-state index contributed by atoms with van der Waals surface area (Å²) in [4.78, 5) is 0. The molecule has 0 bridgehead atoms. The Morgan fingerprint density at radius 1 is 1.12 bits per heavy atom. The van der Waals surface area contributed by atoms with Crippen LogP contribution in [-0.2, 0) is 6.18 Å². The van der Waals surface area contributed by atoms with E-state index >= 15 is 0 Å². The molecule has 0 heterocycles. The van der Waals surface area contributed by atoms with Crippen molar-refractivity contribution in [3.63, 3.8) is 0 Å². The van der Waals surface area contributed by atoms with Gasteiger partial charge in [0.25, 0.3) is 0 Å². The van der Waals surface area contributed by atoms with E-state index in [1.165, 1.54) is 12.1 Å². The van der Waals surface area contributed by atoms with E-state index in [0.717, 1.165) is 31.7 Å². The number of alkyl halides is 3. The number of nitrogen functional groups attached to an aromatic ring is 1. The summed E-state index contributed by atoms with van der Waals surface area (Å²) in [5.41, 5.74) is 6.31. The minimum atomic E-state index is -4.28. The van der Waals surface area contributed by atoms with Gasteiger partial charge in [-0.3, -0.25) is 0 Å². The van der Waals surface area contributed by atoms with E-state index in [4.69, 9.17) is 5.73 Å². The third kappa shape index (κ3) is 2.15. The van der Waals surface area contributed by atoms with Crippen molar-refractivity contribution >= 4 is 5.69 Å². The monoisotopic (exact) mass is 229 g/mol. The van der Waals surface area contributed by atoms with Crippen molar-refractivity contribution in [3.8, 4) is 0 Å². The van der Waals surface area contributed by atoms with Crippen LogP contribution in [0.25, 0.3) is 0 Å². The molecule has 0 spiro atoms. The normalized spacial score (nSPS) is 17.9. The number of hydrogen-bond donors (Lipinski definition) is 1. The molecule has 2 N–H and O–H groups in total. The molecule has 2 rings (SSSR count). The summed E-state index contributed by atoms with van der Waals surface area (Å²) in [6.07, 6.45) is -0.210. The maximum absolute atomic E-state index is 12.5. The molecule has 1 aliphatic rings. The Bertz CT molecular complexity index is 378. The largest absolute Gasteiger partial charge is 0.416 e. The van der Waals surface area contributed by atoms with Crippen LogP contribution in [0.4, 0.5) is 18.9 Å². The molecule has 1 nitrogen and oxygen atoms in total. The lowest BCUT2D eigenvalue weighted by Crippen LogP contribution is -2.08. The second kappa shape index (κ2) is 4.00. The topological polar surface area (TPSA) is 26.0 Å². The SMILES string of the molecule is Nc1ccc(C(F)(F)F)cc1C1CCCC1. The van der Waals surface area contributed by atoms with Crippen LogP contribution in [-0.4, -0.2) is 0 Å². The van der Waals surface area contributed by atoms with Gasteiger partial charge in [-0.2, -0.15) is 13.2 Å². The number of benzene rings is 1. The molecule has 1 aromatic rings. The molecule has 0 saturated heterocycles. The highest BCUT2D eigenvalue weighted by molar-refractivity contribution is 5.51. The summed E-state index contributed by atoms with van der Waals surface area (Å²) < 4.78 is 37.6. The third-order valence-corrected chi connectivity index (χ3v) is 3.21. The Labute approximate surface area is 92.5 Å². The van der Waals surface area contributed by atoms with Gasteiger partial charge in [-0.25, -0.2) is 0 Å². The van der Waals surface area contributed by atoms with Gasteiger partial charge in [0.1, 0.15) is 0 Å². The van der Waals surface area contributed by atoms with E-state index in [-0.39, 0.29) is 5.92 Å². The first kappa shape index (κ1) is 11.3. The number of hydrogen-bond acceptors (Lipinski definition) is 1. The van der Waals surface area contributed by atoms with Gasteiger partial charge in [0, 0.05) is 5.69 Å². The molecule has 0 unspecified atom stereocenters. The molecule has 4 heteroatoms. The zero-order chi connectivity index (χ0) is 11.8. The highest BCUT2D eigenvalue weighted by Gasteiger charge is 2.32. The van der Waals surface area contributed by atoms with Crippen molar-refractivity contribution in [1.29, 1.82) is 0 Å². The average molecular weight is 229 g/mol. The molecule has 1 fully saturated rings. The van der Waals surface area contributed by atoms with E-state index in [2.05, 4.69) is 0 Å². The van der Waals surface area contributed by atoms with Gasteiger partial charge in [0.15, 0.2) is 0 Å². The molecule has 1 aliphatic carbocycles. The molecule has 0 radical (unpaired) electrons. The second-order valence-electron chi connectivity index (χ2n) is 4.32. The fraction of sp³-hybridized carbons (Fsp3) is 0.500. The summed E-state index contributed by atoms with van der Waals surface area (Å²) in [5, 5.41) is 0. The van der Waals surface area contributed by atoms with Crippen LogP contribution in [0.15, 0.2) is 18.2 Å². The van der Waals surface area contributed by atoms with Crippen molar-refractivity contribution < 1.29 is 13.2 Å². The summed E-state index contributed by atoms with van der Waals surface area (Å²) in [7, 11) is 0. The predicted octanol–water partition coefficient (Wildman–Crippen LogP) is 3.95. The highest BCUT2D eigenvalue weighted by Crippen LogP contribution is 2.39. The number of halogens is 3. The van der Waals surface area contributed by atoms with Crippen LogP contribution in [0.5, 0.6) is 0 Å². The summed E-state index contributed by atoms with van der Waals surface area (Å²) in [6.45, 7) is 0. The van der Waals surface area contributed by atoms with Crippen LogP contribution in [0.3, 0.4) is 0 Å². The Morgan fingerprint density at radius 2 is 1.75 bits per heavy atom. The molecule has 88 valence electrons. The molecule has 0 amide bonds. The number of anilines is 1. The maximum atomic E-state index is 12.5. The first-order valence-electron chi connectivity index (χ1n) is 5.45. The first-order valence-corrected chi connectivity index (χ1v) is 5.45. The van der Waals surface area contributed by atoms with E-state index in [1.54, 1.807) is 0 Å². The van der Waals surface area contributed by atoms with Crippen molar-refractivity contribution in [2.24, 2.45) is 0 Å². The molecule has 1 aromatic carbocycles. The van der Waals surface area contributed by atoms with Crippen LogP contribution < -0.4 is 5.73 Å². The predicted molar refractivity (Wildman–Crippen MR) is 57.1 cm³/mol. The molecule has 0 aromatic heterocycles. The number of nitrogens with two attached hydrogens (primary N) is 1. The summed E-state index contributed by atoms with van der Waals surface area (Å²) in [5.74, 6) is 0.210. The standard InChI is InChI=1S/C12H14F3N/c13-12(14,15)9-5-6-11(16)10(7-9)8-3-1-2-4-8/h5-8H,1-4,16H2. The smallest absolute Gasteiger partial charge is 0.398 e. The molecule has 0 aliphatic heterocycles. The highest BCUT2D eigenvalue weighted by atomic mass is 19.4. The molecule has 16 heavy (non-hydrogen) atoms. The summed E-state index contributed by atoms with van der Waals surface area (Å²) in [6, 6.07) is 3.63. The van der Waals surface area contributed by atoms with Crippen LogP contribution in [0.2, 0.25) is 0 Å². The third-order valence-electron chi connectivity index (χ3n) is 3.21. The Balaban J connectivity index is 2.36. The minimum Gasteiger partial charge on any atom is -0.398 e. The van der Waals surface area contributed by atoms with Gasteiger partial charge < -0.3 is 5.73 Å². The molecule has 0 atom stereocenters. The number of rotatable bonds is 1. The Kier molecular flexibility index (Phi) is 2.82. The Morgan fingerprint density at radius 3 is 2.31 bits per heavy atom. The van der Waals surface area contributed by atoms with Crippen molar-refractivity contribution in [2.45, 2.75) is 37.8 Å². The average Bonchev–Trinajstić information content (AvgIpc) is 2.69. The van der Waals surface area contributed by atoms with Gasteiger partial charge in [-0.15, -0.1) is 0 Å². The molecule has 1 saturated carbocycles. The second-order valence-corrected chi connectivity index (χ2v) is 4.32. The van der Waals surface area contributed by atoms with Gasteiger partial charge in [-0.1, -0.05) is 12.8 Å². The lowest BCUT2D eigenvalue weighted by Gasteiger charge is -2.15. The van der Waals surface area contributed by atoms with E-state index in [0.29, 0.717) is 11.3 Å². The fourth-order valence-electron chi connectivity index (χ4n) is 2.34. The van der Waals surface area contributed by atoms with Crippen molar-refractivity contribution in [3.05, 3.63) is 29.3 Å². The van der Waals surface area contributed by atoms with Gasteiger partial charge in [0.05, 0.1) is 5.56 Å². The van der Waals surface area contributed by atoms with Crippen LogP contribution in [0.1, 0.15) is 42.7 Å². The van der Waals surface area contributed by atoms with E-state index in [9.17, 15) is 13.2 Å². The zero-order valence-corrected chi connectivity index (χ0v) is 8.85. The Hall–Kier alpha value is -1.19. The van der Waals surface area contributed by atoms with Crippen molar-refractivity contribution in [1.82, 2.24) is 0 Å².